The van der Waals surface area contributed by atoms with Gasteiger partial charge in [0.1, 0.15) is 0 Å². The maximum atomic E-state index is 12.3. The third-order valence-electron chi connectivity index (χ3n) is 6.65. The summed E-state index contributed by atoms with van der Waals surface area (Å²) in [6, 6.07) is 11.9. The Hall–Kier alpha value is -2.97. The minimum atomic E-state index is -0.833. The van der Waals surface area contributed by atoms with E-state index >= 15 is 0 Å². The minimum absolute atomic E-state index is 0.0438. The van der Waals surface area contributed by atoms with Crippen LogP contribution in [0.1, 0.15) is 36.8 Å². The molecule has 0 aliphatic carbocycles. The summed E-state index contributed by atoms with van der Waals surface area (Å²) in [4.78, 5) is 23.7. The Bertz CT molecular complexity index is 1000. The lowest BCUT2D eigenvalue weighted by Crippen LogP contribution is -2.41. The lowest BCUT2D eigenvalue weighted by Gasteiger charge is -2.29. The van der Waals surface area contributed by atoms with E-state index in [0.717, 1.165) is 56.4 Å². The van der Waals surface area contributed by atoms with E-state index in [-0.39, 0.29) is 17.6 Å². The van der Waals surface area contributed by atoms with E-state index in [1.54, 1.807) is 6.08 Å². The number of rotatable bonds is 6. The Balaban J connectivity index is 0.000000601. The molecule has 1 aromatic carbocycles. The van der Waals surface area contributed by atoms with Gasteiger partial charge in [0.25, 0.3) is 5.97 Å². The molecule has 2 bridgehead atoms. The van der Waals surface area contributed by atoms with Gasteiger partial charge in [0.15, 0.2) is 5.76 Å². The maximum Gasteiger partial charge on any atom is 0.300 e. The molecule has 2 aromatic rings. The summed E-state index contributed by atoms with van der Waals surface area (Å²) < 4.78 is 11.9. The fraction of sp³-hybridized carbons (Fsp3) is 0.480. The highest BCUT2D eigenvalue weighted by atomic mass is 16.5. The highest BCUT2D eigenvalue weighted by Gasteiger charge is 2.62. The van der Waals surface area contributed by atoms with Crippen LogP contribution in [0.4, 0.5) is 0 Å². The van der Waals surface area contributed by atoms with Crippen molar-refractivity contribution in [1.82, 2.24) is 15.4 Å². The molecule has 0 radical (unpaired) electrons. The fourth-order valence-electron chi connectivity index (χ4n) is 5.40. The Labute approximate surface area is 193 Å². The van der Waals surface area contributed by atoms with E-state index in [4.69, 9.17) is 19.2 Å². The van der Waals surface area contributed by atoms with Crippen molar-refractivity contribution in [3.05, 3.63) is 59.5 Å². The highest BCUT2D eigenvalue weighted by molar-refractivity contribution is 5.91. The van der Waals surface area contributed by atoms with Crippen molar-refractivity contribution < 1.29 is 24.0 Å². The van der Waals surface area contributed by atoms with Gasteiger partial charge in [0.2, 0.25) is 5.91 Å². The van der Waals surface area contributed by atoms with Crippen molar-refractivity contribution in [2.24, 2.45) is 11.8 Å². The van der Waals surface area contributed by atoms with Crippen LogP contribution in [0.3, 0.4) is 0 Å². The standard InChI is InChI=1S/C23H27N3O3.C2H4O2/c1-16-11-18(29-25-16)13-26-14-20-19(21-9-10-23(20,15-26)28-21)12-24-22(27)8-7-17-5-3-2-4-6-17;1-2(3)4/h2-8,11,19-21H,9-10,12-15H2,1H3,(H,24,27);1H3,(H,3,4)/t19-,20+,21+,23+;/m0./s1. The van der Waals surface area contributed by atoms with Crippen LogP contribution in [0, 0.1) is 18.8 Å². The van der Waals surface area contributed by atoms with Crippen molar-refractivity contribution in [2.45, 2.75) is 44.9 Å². The molecule has 0 saturated carbocycles. The van der Waals surface area contributed by atoms with Gasteiger partial charge in [-0.25, -0.2) is 0 Å². The monoisotopic (exact) mass is 453 g/mol. The zero-order chi connectivity index (χ0) is 23.4. The van der Waals surface area contributed by atoms with Crippen molar-refractivity contribution >= 4 is 18.0 Å². The number of likely N-dealkylation sites (tertiary alicyclic amines) is 1. The molecule has 0 unspecified atom stereocenters. The SMILES string of the molecule is CC(=O)O.Cc1cc(CN2C[C@@H]3[C@H](CNC(=O)C=Cc4ccccc4)[C@H]4CC[C@]3(C2)O4)on1. The number of aliphatic carboxylic acids is 1. The third kappa shape index (κ3) is 5.51. The summed E-state index contributed by atoms with van der Waals surface area (Å²) in [6.07, 6.45) is 5.95. The summed E-state index contributed by atoms with van der Waals surface area (Å²) in [7, 11) is 0. The van der Waals surface area contributed by atoms with E-state index in [1.165, 1.54) is 0 Å². The van der Waals surface area contributed by atoms with Crippen LogP contribution in [-0.2, 0) is 20.9 Å². The molecule has 4 heterocycles. The second-order valence-electron chi connectivity index (χ2n) is 9.14. The molecule has 3 fully saturated rings. The molecule has 8 nitrogen and oxygen atoms in total. The average molecular weight is 454 g/mol. The van der Waals surface area contributed by atoms with Gasteiger partial charge in [-0.05, 0) is 31.4 Å². The van der Waals surface area contributed by atoms with Crippen LogP contribution in [0.5, 0.6) is 0 Å². The van der Waals surface area contributed by atoms with Gasteiger partial charge in [-0.1, -0.05) is 35.5 Å². The van der Waals surface area contributed by atoms with Crippen LogP contribution < -0.4 is 5.32 Å². The molecule has 8 heteroatoms. The topological polar surface area (TPSA) is 105 Å². The minimum Gasteiger partial charge on any atom is -0.481 e. The second kappa shape index (κ2) is 9.89. The molecule has 3 aliphatic heterocycles. The van der Waals surface area contributed by atoms with E-state index in [0.29, 0.717) is 18.4 Å². The van der Waals surface area contributed by atoms with Gasteiger partial charge in [-0.15, -0.1) is 0 Å². The number of nitrogens with one attached hydrogen (secondary N) is 1. The van der Waals surface area contributed by atoms with E-state index in [9.17, 15) is 4.79 Å². The fourth-order valence-corrected chi connectivity index (χ4v) is 5.40. The van der Waals surface area contributed by atoms with Gasteiger partial charge in [0.05, 0.1) is 23.9 Å². The van der Waals surface area contributed by atoms with Crippen LogP contribution in [0.15, 0.2) is 47.0 Å². The van der Waals surface area contributed by atoms with Crippen molar-refractivity contribution in [2.75, 3.05) is 19.6 Å². The summed E-state index contributed by atoms with van der Waals surface area (Å²) in [6.45, 7) is 6.39. The first-order valence-corrected chi connectivity index (χ1v) is 11.4. The number of amides is 1. The predicted molar refractivity (Wildman–Crippen MR) is 122 cm³/mol. The van der Waals surface area contributed by atoms with Gasteiger partial charge in [-0.2, -0.15) is 0 Å². The Morgan fingerprint density at radius 2 is 2.09 bits per heavy atom. The molecule has 1 aromatic heterocycles. The average Bonchev–Trinajstić information content (AvgIpc) is 3.52. The van der Waals surface area contributed by atoms with Gasteiger partial charge >= 0.3 is 0 Å². The number of nitrogens with zero attached hydrogens (tertiary/aromatic N) is 2. The molecular weight excluding hydrogens is 422 g/mol. The number of carbonyl (C=O) groups excluding carboxylic acids is 1. The molecule has 3 saturated heterocycles. The molecule has 176 valence electrons. The molecule has 5 rings (SSSR count). The number of carboxylic acid groups (broad SMARTS) is 1. The number of hydrogen-bond acceptors (Lipinski definition) is 6. The lowest BCUT2D eigenvalue weighted by atomic mass is 9.73. The van der Waals surface area contributed by atoms with Crippen LogP contribution in [-0.4, -0.2) is 58.4 Å². The van der Waals surface area contributed by atoms with Crippen molar-refractivity contribution in [3.63, 3.8) is 0 Å². The predicted octanol–water partition coefficient (Wildman–Crippen LogP) is 2.88. The normalized spacial score (nSPS) is 27.9. The number of aromatic nitrogens is 1. The number of benzene rings is 1. The Morgan fingerprint density at radius 3 is 2.79 bits per heavy atom. The maximum absolute atomic E-state index is 12.3. The molecule has 33 heavy (non-hydrogen) atoms. The molecule has 3 aliphatic rings. The molecule has 1 spiro atoms. The van der Waals surface area contributed by atoms with Crippen molar-refractivity contribution in [1.29, 1.82) is 0 Å². The van der Waals surface area contributed by atoms with Crippen LogP contribution in [0.2, 0.25) is 0 Å². The molecule has 2 N–H and O–H groups in total. The smallest absolute Gasteiger partial charge is 0.300 e. The molecule has 1 amide bonds. The Kier molecular flexibility index (Phi) is 6.95. The van der Waals surface area contributed by atoms with E-state index in [2.05, 4.69) is 15.4 Å². The summed E-state index contributed by atoms with van der Waals surface area (Å²) in [5, 5.41) is 14.5. The largest absolute Gasteiger partial charge is 0.481 e. The van der Waals surface area contributed by atoms with Crippen molar-refractivity contribution in [3.8, 4) is 0 Å². The number of fused-ring (bicyclic) bond motifs is 1. The van der Waals surface area contributed by atoms with E-state index in [1.807, 2.05) is 49.4 Å². The third-order valence-corrected chi connectivity index (χ3v) is 6.65. The first kappa shape index (κ1) is 23.2. The lowest BCUT2D eigenvalue weighted by molar-refractivity contribution is -0.134. The zero-order valence-electron chi connectivity index (χ0n) is 19.1. The number of aryl methyl sites for hydroxylation is 1. The molecule has 4 atom stereocenters. The Morgan fingerprint density at radius 1 is 1.33 bits per heavy atom. The number of carbonyl (C=O) groups is 2. The first-order chi connectivity index (χ1) is 15.8. The van der Waals surface area contributed by atoms with Gasteiger partial charge < -0.3 is 19.7 Å². The number of carboxylic acids is 1. The zero-order valence-corrected chi connectivity index (χ0v) is 19.1. The summed E-state index contributed by atoms with van der Waals surface area (Å²) >= 11 is 0. The van der Waals surface area contributed by atoms with Crippen LogP contribution in [0.25, 0.3) is 6.08 Å². The molecular formula is C25H31N3O5. The second-order valence-corrected chi connectivity index (χ2v) is 9.14. The highest BCUT2D eigenvalue weighted by Crippen LogP contribution is 2.54. The van der Waals surface area contributed by atoms with E-state index < -0.39 is 5.97 Å². The summed E-state index contributed by atoms with van der Waals surface area (Å²) in [5.74, 6) is 0.866. The number of hydrogen-bond donors (Lipinski definition) is 2. The summed E-state index contributed by atoms with van der Waals surface area (Å²) in [5.41, 5.74) is 1.90. The number of ether oxygens (including phenoxy) is 1. The quantitative estimate of drug-likeness (QED) is 0.648. The first-order valence-electron chi connectivity index (χ1n) is 11.4. The van der Waals surface area contributed by atoms with Gasteiger partial charge in [-0.3, -0.25) is 14.5 Å². The van der Waals surface area contributed by atoms with Crippen LogP contribution >= 0.6 is 0 Å². The van der Waals surface area contributed by atoms with Gasteiger partial charge in [0, 0.05) is 50.5 Å².